The normalized spacial score (nSPS) is 11.9. The van der Waals surface area contributed by atoms with Crippen LogP contribution in [0.25, 0.3) is 0 Å². The molecule has 0 aliphatic carbocycles. The van der Waals surface area contributed by atoms with Crippen LogP contribution in [0, 0.1) is 3.57 Å². The van der Waals surface area contributed by atoms with E-state index < -0.39 is 33.1 Å². The lowest BCUT2D eigenvalue weighted by Crippen LogP contribution is -2.15. The van der Waals surface area contributed by atoms with E-state index in [2.05, 4.69) is 4.98 Å². The predicted molar refractivity (Wildman–Crippen MR) is 52.3 cm³/mol. The van der Waals surface area contributed by atoms with Crippen molar-refractivity contribution < 1.29 is 26.7 Å². The summed E-state index contributed by atoms with van der Waals surface area (Å²) < 4.78 is 61.6. The number of alkyl halides is 5. The van der Waals surface area contributed by atoms with Gasteiger partial charge < -0.3 is 0 Å². The SMILES string of the molecule is O=Cc1cc(I)c(C(F)(F)F)c(C(F)F)n1. The minimum atomic E-state index is -4.92. The number of hydrogen-bond donors (Lipinski definition) is 0. The van der Waals surface area contributed by atoms with Crippen molar-refractivity contribution in [2.45, 2.75) is 12.6 Å². The van der Waals surface area contributed by atoms with E-state index in [0.29, 0.717) is 0 Å². The molecular weight excluding hydrogens is 348 g/mol. The molecule has 1 aromatic heterocycles. The Bertz CT molecular complexity index is 418. The van der Waals surface area contributed by atoms with Crippen molar-refractivity contribution in [1.82, 2.24) is 4.98 Å². The Morgan fingerprint density at radius 1 is 1.38 bits per heavy atom. The number of rotatable bonds is 2. The molecule has 2 nitrogen and oxygen atoms in total. The van der Waals surface area contributed by atoms with Gasteiger partial charge in [-0.1, -0.05) is 0 Å². The van der Waals surface area contributed by atoms with Gasteiger partial charge >= 0.3 is 6.18 Å². The molecule has 0 radical (unpaired) electrons. The van der Waals surface area contributed by atoms with Gasteiger partial charge in [-0.2, -0.15) is 13.2 Å². The lowest BCUT2D eigenvalue weighted by Gasteiger charge is -2.13. The summed E-state index contributed by atoms with van der Waals surface area (Å²) in [5, 5.41) is 0. The second kappa shape index (κ2) is 4.60. The summed E-state index contributed by atoms with van der Waals surface area (Å²) in [6, 6.07) is 0.808. The third-order valence-corrected chi connectivity index (χ3v) is 2.48. The first kappa shape index (κ1) is 13.3. The number of aldehydes is 1. The Morgan fingerprint density at radius 3 is 2.31 bits per heavy atom. The van der Waals surface area contributed by atoms with Crippen LogP contribution < -0.4 is 0 Å². The number of halogens is 6. The van der Waals surface area contributed by atoms with Crippen molar-refractivity contribution in [2.24, 2.45) is 0 Å². The smallest absolute Gasteiger partial charge is 0.296 e. The third-order valence-electron chi connectivity index (χ3n) is 1.63. The number of aromatic nitrogens is 1. The highest BCUT2D eigenvalue weighted by Crippen LogP contribution is 2.38. The molecule has 0 aromatic carbocycles. The van der Waals surface area contributed by atoms with E-state index >= 15 is 0 Å². The summed E-state index contributed by atoms with van der Waals surface area (Å²) in [5.74, 6) is 0. The maximum Gasteiger partial charge on any atom is 0.419 e. The maximum absolute atomic E-state index is 12.4. The van der Waals surface area contributed by atoms with E-state index in [0.717, 1.165) is 6.07 Å². The van der Waals surface area contributed by atoms with Crippen LogP contribution in [0.3, 0.4) is 0 Å². The highest BCUT2D eigenvalue weighted by atomic mass is 127. The zero-order valence-corrected chi connectivity index (χ0v) is 9.51. The summed E-state index contributed by atoms with van der Waals surface area (Å²) in [6.07, 6.45) is -8.18. The van der Waals surface area contributed by atoms with Crippen LogP contribution >= 0.6 is 22.6 Å². The molecule has 0 saturated heterocycles. The molecule has 88 valence electrons. The molecule has 0 aliphatic heterocycles. The molecule has 1 aromatic rings. The summed E-state index contributed by atoms with van der Waals surface area (Å²) in [7, 11) is 0. The van der Waals surface area contributed by atoms with Gasteiger partial charge in [-0.25, -0.2) is 13.8 Å². The van der Waals surface area contributed by atoms with Gasteiger partial charge in [-0.3, -0.25) is 4.79 Å². The second-order valence-corrected chi connectivity index (χ2v) is 3.87. The highest BCUT2D eigenvalue weighted by Gasteiger charge is 2.39. The molecule has 0 bridgehead atoms. The molecule has 0 fully saturated rings. The van der Waals surface area contributed by atoms with E-state index in [1.54, 1.807) is 0 Å². The number of carbonyl (C=O) groups is 1. The molecular formula is C8H3F5INO. The minimum absolute atomic E-state index is 0.119. The molecule has 0 saturated carbocycles. The summed E-state index contributed by atoms with van der Waals surface area (Å²) in [6.45, 7) is 0. The Balaban J connectivity index is 3.52. The fourth-order valence-electron chi connectivity index (χ4n) is 1.05. The van der Waals surface area contributed by atoms with Gasteiger partial charge in [0.05, 0.1) is 5.56 Å². The van der Waals surface area contributed by atoms with Crippen LogP contribution in [0.2, 0.25) is 0 Å². The van der Waals surface area contributed by atoms with Gasteiger partial charge in [0, 0.05) is 3.57 Å². The molecule has 0 spiro atoms. The van der Waals surface area contributed by atoms with Gasteiger partial charge in [0.2, 0.25) is 0 Å². The predicted octanol–water partition coefficient (Wildman–Crippen LogP) is 3.46. The largest absolute Gasteiger partial charge is 0.419 e. The Labute approximate surface area is 100.0 Å². The first-order valence-corrected chi connectivity index (χ1v) is 4.86. The standard InChI is InChI=1S/C8H3F5INO/c9-7(10)6-5(8(11,12)13)4(14)1-3(2-16)15-6/h1-2,7H. The van der Waals surface area contributed by atoms with Crippen LogP contribution in [-0.2, 0) is 6.18 Å². The summed E-state index contributed by atoms with van der Waals surface area (Å²) in [4.78, 5) is 13.3. The van der Waals surface area contributed by atoms with E-state index in [-0.39, 0.29) is 6.29 Å². The van der Waals surface area contributed by atoms with E-state index in [1.165, 1.54) is 22.6 Å². The van der Waals surface area contributed by atoms with Crippen LogP contribution in [0.4, 0.5) is 22.0 Å². The van der Waals surface area contributed by atoms with Gasteiger partial charge in [0.1, 0.15) is 11.4 Å². The molecule has 0 aliphatic rings. The Kier molecular flexibility index (Phi) is 3.81. The topological polar surface area (TPSA) is 30.0 Å². The van der Waals surface area contributed by atoms with Crippen LogP contribution in [0.15, 0.2) is 6.07 Å². The van der Waals surface area contributed by atoms with Crippen LogP contribution in [0.5, 0.6) is 0 Å². The lowest BCUT2D eigenvalue weighted by atomic mass is 10.1. The number of pyridine rings is 1. The number of carbonyl (C=O) groups excluding carboxylic acids is 1. The molecule has 1 rings (SSSR count). The Hall–Kier alpha value is -0.800. The number of hydrogen-bond acceptors (Lipinski definition) is 2. The quantitative estimate of drug-likeness (QED) is 0.464. The van der Waals surface area contributed by atoms with Crippen molar-refractivity contribution in [2.75, 3.05) is 0 Å². The second-order valence-electron chi connectivity index (χ2n) is 2.71. The fourth-order valence-corrected chi connectivity index (χ4v) is 1.95. The van der Waals surface area contributed by atoms with E-state index in [1.807, 2.05) is 0 Å². The summed E-state index contributed by atoms with van der Waals surface area (Å²) in [5.41, 5.74) is -3.36. The zero-order chi connectivity index (χ0) is 12.5. The van der Waals surface area contributed by atoms with Crippen molar-refractivity contribution in [3.63, 3.8) is 0 Å². The van der Waals surface area contributed by atoms with Gasteiger partial charge in [-0.05, 0) is 28.7 Å². The average Bonchev–Trinajstić information content (AvgIpc) is 2.14. The van der Waals surface area contributed by atoms with Gasteiger partial charge in [0.25, 0.3) is 6.43 Å². The van der Waals surface area contributed by atoms with E-state index in [9.17, 15) is 26.7 Å². The highest BCUT2D eigenvalue weighted by molar-refractivity contribution is 14.1. The van der Waals surface area contributed by atoms with Crippen molar-refractivity contribution in [3.8, 4) is 0 Å². The molecule has 8 heteroatoms. The molecule has 0 amide bonds. The summed E-state index contributed by atoms with van der Waals surface area (Å²) >= 11 is 1.24. The maximum atomic E-state index is 12.4. The van der Waals surface area contributed by atoms with Gasteiger partial charge in [0.15, 0.2) is 6.29 Å². The molecule has 0 atom stereocenters. The average molecular weight is 351 g/mol. The Morgan fingerprint density at radius 2 is 1.94 bits per heavy atom. The number of nitrogens with zero attached hydrogens (tertiary/aromatic N) is 1. The molecule has 16 heavy (non-hydrogen) atoms. The minimum Gasteiger partial charge on any atom is -0.296 e. The molecule has 0 unspecified atom stereocenters. The zero-order valence-electron chi connectivity index (χ0n) is 7.36. The van der Waals surface area contributed by atoms with Crippen molar-refractivity contribution in [3.05, 3.63) is 26.6 Å². The third kappa shape index (κ3) is 2.66. The van der Waals surface area contributed by atoms with Crippen LogP contribution in [-0.4, -0.2) is 11.3 Å². The molecule has 1 heterocycles. The monoisotopic (exact) mass is 351 g/mol. The van der Waals surface area contributed by atoms with Crippen LogP contribution in [0.1, 0.15) is 28.2 Å². The fraction of sp³-hybridized carbons (Fsp3) is 0.250. The first-order chi connectivity index (χ1) is 7.27. The molecule has 0 N–H and O–H groups in total. The van der Waals surface area contributed by atoms with Crippen molar-refractivity contribution >= 4 is 28.9 Å². The lowest BCUT2D eigenvalue weighted by molar-refractivity contribution is -0.140. The van der Waals surface area contributed by atoms with E-state index in [4.69, 9.17) is 0 Å². The van der Waals surface area contributed by atoms with Gasteiger partial charge in [-0.15, -0.1) is 0 Å². The first-order valence-electron chi connectivity index (χ1n) is 3.78. The van der Waals surface area contributed by atoms with Crippen molar-refractivity contribution in [1.29, 1.82) is 0 Å².